The lowest BCUT2D eigenvalue weighted by atomic mass is 10.2. The molecule has 1 amide bonds. The predicted octanol–water partition coefficient (Wildman–Crippen LogP) is 2.87. The van der Waals surface area contributed by atoms with Gasteiger partial charge in [0.25, 0.3) is 5.91 Å². The second-order valence-corrected chi connectivity index (χ2v) is 3.99. The van der Waals surface area contributed by atoms with E-state index in [0.29, 0.717) is 12.1 Å². The Morgan fingerprint density at radius 2 is 2.28 bits per heavy atom. The van der Waals surface area contributed by atoms with Gasteiger partial charge in [0.15, 0.2) is 0 Å². The Labute approximate surface area is 110 Å². The van der Waals surface area contributed by atoms with E-state index in [0.717, 1.165) is 11.3 Å². The summed E-state index contributed by atoms with van der Waals surface area (Å²) in [6.45, 7) is 0.400. The Morgan fingerprint density at radius 1 is 1.44 bits per heavy atom. The van der Waals surface area contributed by atoms with Crippen molar-refractivity contribution in [1.29, 1.82) is 0 Å². The molecule has 1 N–H and O–H groups in total. The smallest absolute Gasteiger partial charge is 0.256 e. The van der Waals surface area contributed by atoms with Crippen LogP contribution in [0.1, 0.15) is 15.9 Å². The third kappa shape index (κ3) is 2.84. The van der Waals surface area contributed by atoms with Crippen molar-refractivity contribution in [1.82, 2.24) is 5.32 Å². The number of hydrogen-bond donors (Lipinski definition) is 1. The molecule has 0 radical (unpaired) electrons. The molecule has 0 atom stereocenters. The van der Waals surface area contributed by atoms with Crippen LogP contribution in [0.25, 0.3) is 0 Å². The van der Waals surface area contributed by atoms with Crippen molar-refractivity contribution in [3.63, 3.8) is 0 Å². The first-order valence-electron chi connectivity index (χ1n) is 5.35. The minimum absolute atomic E-state index is 0.0955. The first-order valence-corrected chi connectivity index (χ1v) is 5.72. The van der Waals surface area contributed by atoms with E-state index < -0.39 is 0 Å². The molecule has 2 rings (SSSR count). The van der Waals surface area contributed by atoms with Gasteiger partial charge in [0.05, 0.1) is 18.9 Å². The van der Waals surface area contributed by atoms with Crippen LogP contribution in [-0.2, 0) is 6.54 Å². The van der Waals surface area contributed by atoms with Gasteiger partial charge in [0, 0.05) is 6.54 Å². The number of amides is 1. The number of carbonyl (C=O) groups excluding carboxylic acids is 1. The molecule has 1 heterocycles. The van der Waals surface area contributed by atoms with Crippen LogP contribution in [0.3, 0.4) is 0 Å². The standard InChI is InChI=1S/C13H12ClNO3/c1-17-10-4-2-3-9(7-10)8-15-13(16)11-5-6-18-12(11)14/h2-7H,8H2,1H3,(H,15,16). The number of halogens is 1. The van der Waals surface area contributed by atoms with E-state index in [1.54, 1.807) is 7.11 Å². The van der Waals surface area contributed by atoms with E-state index in [-0.39, 0.29) is 11.1 Å². The molecule has 1 aromatic heterocycles. The molecule has 0 bridgehead atoms. The van der Waals surface area contributed by atoms with Crippen LogP contribution in [-0.4, -0.2) is 13.0 Å². The minimum atomic E-state index is -0.267. The zero-order valence-electron chi connectivity index (χ0n) is 9.77. The molecule has 4 nitrogen and oxygen atoms in total. The molecule has 0 fully saturated rings. The summed E-state index contributed by atoms with van der Waals surface area (Å²) in [6.07, 6.45) is 1.38. The molecule has 94 valence electrons. The molecule has 0 unspecified atom stereocenters. The van der Waals surface area contributed by atoms with Gasteiger partial charge in [-0.15, -0.1) is 0 Å². The molecule has 0 saturated heterocycles. The molecule has 18 heavy (non-hydrogen) atoms. The van der Waals surface area contributed by atoms with Crippen LogP contribution >= 0.6 is 11.6 Å². The van der Waals surface area contributed by atoms with Crippen molar-refractivity contribution >= 4 is 17.5 Å². The fraction of sp³-hybridized carbons (Fsp3) is 0.154. The third-order valence-electron chi connectivity index (χ3n) is 2.45. The fourth-order valence-electron chi connectivity index (χ4n) is 1.52. The van der Waals surface area contributed by atoms with E-state index in [1.165, 1.54) is 12.3 Å². The molecular formula is C13H12ClNO3. The summed E-state index contributed by atoms with van der Waals surface area (Å²) >= 11 is 5.72. The third-order valence-corrected chi connectivity index (χ3v) is 2.74. The predicted molar refractivity (Wildman–Crippen MR) is 67.9 cm³/mol. The van der Waals surface area contributed by atoms with E-state index in [2.05, 4.69) is 5.32 Å². The Hall–Kier alpha value is -1.94. The number of carbonyl (C=O) groups is 1. The molecule has 0 saturated carbocycles. The van der Waals surface area contributed by atoms with Crippen molar-refractivity contribution in [2.75, 3.05) is 7.11 Å². The van der Waals surface area contributed by atoms with Gasteiger partial charge >= 0.3 is 0 Å². The lowest BCUT2D eigenvalue weighted by Gasteiger charge is -2.06. The molecular weight excluding hydrogens is 254 g/mol. The molecule has 0 spiro atoms. The normalized spacial score (nSPS) is 10.1. The molecule has 0 aliphatic heterocycles. The van der Waals surface area contributed by atoms with Crippen molar-refractivity contribution in [3.8, 4) is 5.75 Å². The molecule has 2 aromatic rings. The molecule has 0 aliphatic rings. The zero-order valence-corrected chi connectivity index (χ0v) is 10.5. The number of furan rings is 1. The van der Waals surface area contributed by atoms with Crippen LogP contribution in [0.15, 0.2) is 41.0 Å². The van der Waals surface area contributed by atoms with Gasteiger partial charge in [-0.2, -0.15) is 0 Å². The number of ether oxygens (including phenoxy) is 1. The monoisotopic (exact) mass is 265 g/mol. The van der Waals surface area contributed by atoms with E-state index in [1.807, 2.05) is 24.3 Å². The second-order valence-electron chi connectivity index (χ2n) is 3.64. The van der Waals surface area contributed by atoms with Gasteiger partial charge in [-0.1, -0.05) is 12.1 Å². The van der Waals surface area contributed by atoms with Crippen LogP contribution in [0.4, 0.5) is 0 Å². The van der Waals surface area contributed by atoms with Crippen molar-refractivity contribution in [2.24, 2.45) is 0 Å². The first kappa shape index (κ1) is 12.5. The zero-order chi connectivity index (χ0) is 13.0. The topological polar surface area (TPSA) is 51.5 Å². The Kier molecular flexibility index (Phi) is 3.89. The largest absolute Gasteiger partial charge is 0.497 e. The Morgan fingerprint density at radius 3 is 2.94 bits per heavy atom. The Balaban J connectivity index is 1.99. The average molecular weight is 266 g/mol. The summed E-state index contributed by atoms with van der Waals surface area (Å²) < 4.78 is 9.96. The molecule has 5 heteroatoms. The summed E-state index contributed by atoms with van der Waals surface area (Å²) in [6, 6.07) is 9.00. The highest BCUT2D eigenvalue weighted by Crippen LogP contribution is 2.17. The maximum Gasteiger partial charge on any atom is 0.256 e. The number of benzene rings is 1. The Bertz CT molecular complexity index is 551. The van der Waals surface area contributed by atoms with Gasteiger partial charge in [-0.3, -0.25) is 4.79 Å². The summed E-state index contributed by atoms with van der Waals surface area (Å²) in [7, 11) is 1.60. The van der Waals surface area contributed by atoms with Crippen LogP contribution in [0, 0.1) is 0 Å². The summed E-state index contributed by atoms with van der Waals surface area (Å²) in [5.41, 5.74) is 1.28. The number of rotatable bonds is 4. The van der Waals surface area contributed by atoms with E-state index in [4.69, 9.17) is 20.8 Å². The van der Waals surface area contributed by atoms with Gasteiger partial charge in [0.2, 0.25) is 5.22 Å². The highest BCUT2D eigenvalue weighted by molar-refractivity contribution is 6.32. The summed E-state index contributed by atoms with van der Waals surface area (Å²) in [5.74, 6) is 0.486. The second kappa shape index (κ2) is 5.60. The van der Waals surface area contributed by atoms with E-state index >= 15 is 0 Å². The first-order chi connectivity index (χ1) is 8.70. The van der Waals surface area contributed by atoms with E-state index in [9.17, 15) is 4.79 Å². The lowest BCUT2D eigenvalue weighted by molar-refractivity contribution is 0.0950. The number of nitrogens with one attached hydrogen (secondary N) is 1. The number of methoxy groups -OCH3 is 1. The van der Waals surface area contributed by atoms with Crippen molar-refractivity contribution < 1.29 is 13.9 Å². The van der Waals surface area contributed by atoms with Gasteiger partial charge in [-0.05, 0) is 35.4 Å². The average Bonchev–Trinajstić information content (AvgIpc) is 2.82. The van der Waals surface area contributed by atoms with Crippen LogP contribution in [0.5, 0.6) is 5.75 Å². The van der Waals surface area contributed by atoms with Gasteiger partial charge in [-0.25, -0.2) is 0 Å². The highest BCUT2D eigenvalue weighted by Gasteiger charge is 2.12. The van der Waals surface area contributed by atoms with Gasteiger partial charge in [0.1, 0.15) is 5.75 Å². The molecule has 0 aliphatic carbocycles. The summed E-state index contributed by atoms with van der Waals surface area (Å²) in [4.78, 5) is 11.8. The van der Waals surface area contributed by atoms with Crippen LogP contribution < -0.4 is 10.1 Å². The maximum atomic E-state index is 11.8. The SMILES string of the molecule is COc1cccc(CNC(=O)c2ccoc2Cl)c1. The maximum absolute atomic E-state index is 11.8. The number of hydrogen-bond acceptors (Lipinski definition) is 3. The van der Waals surface area contributed by atoms with Gasteiger partial charge < -0.3 is 14.5 Å². The highest BCUT2D eigenvalue weighted by atomic mass is 35.5. The van der Waals surface area contributed by atoms with Crippen LogP contribution in [0.2, 0.25) is 5.22 Å². The van der Waals surface area contributed by atoms with Crippen molar-refractivity contribution in [2.45, 2.75) is 6.54 Å². The fourth-order valence-corrected chi connectivity index (χ4v) is 1.72. The lowest BCUT2D eigenvalue weighted by Crippen LogP contribution is -2.22. The molecule has 1 aromatic carbocycles. The quantitative estimate of drug-likeness (QED) is 0.925. The summed E-state index contributed by atoms with van der Waals surface area (Å²) in [5, 5.41) is 2.85. The minimum Gasteiger partial charge on any atom is -0.497 e. The van der Waals surface area contributed by atoms with Crippen molar-refractivity contribution in [3.05, 3.63) is 52.9 Å².